The molecule has 5 heteroatoms. The number of alkyl halides is 1. The van der Waals surface area contributed by atoms with E-state index in [2.05, 4.69) is 73.2 Å². The third kappa shape index (κ3) is 2.68. The van der Waals surface area contributed by atoms with Gasteiger partial charge in [-0.25, -0.2) is 0 Å². The van der Waals surface area contributed by atoms with E-state index in [9.17, 15) is 0 Å². The second-order valence-electron chi connectivity index (χ2n) is 4.17. The monoisotopic (exact) mass is 417 g/mol. The van der Waals surface area contributed by atoms with Gasteiger partial charge in [-0.1, -0.05) is 43.6 Å². The summed E-state index contributed by atoms with van der Waals surface area (Å²) in [5.41, 5.74) is 2.45. The van der Waals surface area contributed by atoms with Crippen molar-refractivity contribution in [3.63, 3.8) is 0 Å². The van der Waals surface area contributed by atoms with Crippen LogP contribution in [0, 0.1) is 0 Å². The van der Waals surface area contributed by atoms with E-state index in [0.29, 0.717) is 5.88 Å². The van der Waals surface area contributed by atoms with E-state index in [4.69, 9.17) is 11.6 Å². The molecular weight excluding hydrogens is 409 g/mol. The van der Waals surface area contributed by atoms with Gasteiger partial charge in [0.2, 0.25) is 0 Å². The molecule has 2 aromatic carbocycles. The third-order valence-electron chi connectivity index (χ3n) is 2.95. The summed E-state index contributed by atoms with van der Waals surface area (Å²) in [6, 6.07) is 12.7. The predicted molar refractivity (Wildman–Crippen MR) is 90.1 cm³/mol. The van der Waals surface area contributed by atoms with E-state index in [-0.39, 0.29) is 0 Å². The fourth-order valence-electron chi connectivity index (χ4n) is 2.16. The highest BCUT2D eigenvalue weighted by Crippen LogP contribution is 2.49. The molecule has 0 amide bonds. The van der Waals surface area contributed by atoms with Crippen molar-refractivity contribution in [2.24, 2.45) is 0 Å². The van der Waals surface area contributed by atoms with Gasteiger partial charge in [0.05, 0.1) is 11.4 Å². The quantitative estimate of drug-likeness (QED) is 0.545. The zero-order chi connectivity index (χ0) is 13.4. The third-order valence-corrected chi connectivity index (χ3v) is 5.20. The average molecular weight is 420 g/mol. The van der Waals surface area contributed by atoms with Gasteiger partial charge in [-0.05, 0) is 36.4 Å². The van der Waals surface area contributed by atoms with Gasteiger partial charge in [-0.3, -0.25) is 0 Å². The van der Waals surface area contributed by atoms with E-state index in [0.717, 1.165) is 15.5 Å². The molecule has 0 bridgehead atoms. The number of anilines is 2. The zero-order valence-corrected chi connectivity index (χ0v) is 14.6. The van der Waals surface area contributed by atoms with Gasteiger partial charge in [0.1, 0.15) is 0 Å². The van der Waals surface area contributed by atoms with Crippen molar-refractivity contribution >= 4 is 66.6 Å². The smallest absolute Gasteiger partial charge is 0.0554 e. The van der Waals surface area contributed by atoms with Gasteiger partial charge in [-0.15, -0.1) is 11.6 Å². The van der Waals surface area contributed by atoms with E-state index in [1.165, 1.54) is 21.2 Å². The van der Waals surface area contributed by atoms with E-state index in [1.807, 2.05) is 0 Å². The Morgan fingerprint density at radius 1 is 0.947 bits per heavy atom. The molecule has 3 rings (SSSR count). The number of nitrogens with zero attached hydrogens (tertiary/aromatic N) is 1. The lowest BCUT2D eigenvalue weighted by molar-refractivity contribution is 0.982. The molecule has 0 aliphatic carbocycles. The standard InChI is InChI=1S/C14H10Br2ClNS/c15-9-1-3-11-13(7-9)19-14-8-10(16)2-4-12(14)18(11)6-5-17/h1-4,7-8H,5-6H2. The molecule has 0 aromatic heterocycles. The molecule has 0 atom stereocenters. The van der Waals surface area contributed by atoms with Crippen LogP contribution in [0.1, 0.15) is 0 Å². The SMILES string of the molecule is ClCCN1c2ccc(Br)cc2Sc2cc(Br)ccc21. The van der Waals surface area contributed by atoms with Crippen LogP contribution in [0.2, 0.25) is 0 Å². The Morgan fingerprint density at radius 2 is 1.47 bits per heavy atom. The fourth-order valence-corrected chi connectivity index (χ4v) is 4.53. The van der Waals surface area contributed by atoms with Crippen LogP contribution in [-0.4, -0.2) is 12.4 Å². The second-order valence-corrected chi connectivity index (χ2v) is 7.46. The molecule has 1 heterocycles. The van der Waals surface area contributed by atoms with Crippen LogP contribution >= 0.6 is 55.2 Å². The first-order valence-corrected chi connectivity index (χ1v) is 8.73. The Balaban J connectivity index is 2.14. The van der Waals surface area contributed by atoms with Crippen molar-refractivity contribution in [3.8, 4) is 0 Å². The molecule has 19 heavy (non-hydrogen) atoms. The Bertz CT molecular complexity index is 581. The van der Waals surface area contributed by atoms with Gasteiger partial charge >= 0.3 is 0 Å². The maximum atomic E-state index is 5.96. The maximum absolute atomic E-state index is 5.96. The molecule has 0 spiro atoms. The first-order valence-electron chi connectivity index (χ1n) is 5.79. The van der Waals surface area contributed by atoms with Gasteiger partial charge in [0, 0.05) is 31.2 Å². The minimum atomic E-state index is 0.607. The molecule has 0 fully saturated rings. The summed E-state index contributed by atoms with van der Waals surface area (Å²) in [6.07, 6.45) is 0. The first-order chi connectivity index (χ1) is 9.19. The largest absolute Gasteiger partial charge is 0.338 e. The minimum Gasteiger partial charge on any atom is -0.338 e. The van der Waals surface area contributed by atoms with Crippen LogP contribution in [-0.2, 0) is 0 Å². The molecular formula is C14H10Br2ClNS. The first kappa shape index (κ1) is 13.8. The average Bonchev–Trinajstić information content (AvgIpc) is 2.37. The molecule has 1 aliphatic heterocycles. The molecule has 1 aliphatic rings. The summed E-state index contributed by atoms with van der Waals surface area (Å²) in [4.78, 5) is 4.79. The van der Waals surface area contributed by atoms with Crippen molar-refractivity contribution in [1.29, 1.82) is 0 Å². The number of halogens is 3. The van der Waals surface area contributed by atoms with E-state index >= 15 is 0 Å². The molecule has 2 aromatic rings. The Morgan fingerprint density at radius 3 is 1.95 bits per heavy atom. The molecule has 1 nitrogen and oxygen atoms in total. The Hall–Kier alpha value is -0.160. The summed E-state index contributed by atoms with van der Waals surface area (Å²) in [5, 5.41) is 0. The topological polar surface area (TPSA) is 3.24 Å². The number of rotatable bonds is 2. The summed E-state index contributed by atoms with van der Waals surface area (Å²) in [5.74, 6) is 0.607. The Labute approximate surface area is 138 Å². The van der Waals surface area contributed by atoms with Gasteiger partial charge in [0.25, 0.3) is 0 Å². The summed E-state index contributed by atoms with van der Waals surface area (Å²) in [6.45, 7) is 0.811. The molecule has 0 N–H and O–H groups in total. The van der Waals surface area contributed by atoms with Gasteiger partial charge < -0.3 is 4.90 Å². The number of fused-ring (bicyclic) bond motifs is 2. The fraction of sp³-hybridized carbons (Fsp3) is 0.143. The van der Waals surface area contributed by atoms with Crippen molar-refractivity contribution in [2.75, 3.05) is 17.3 Å². The van der Waals surface area contributed by atoms with Gasteiger partial charge in [-0.2, -0.15) is 0 Å². The van der Waals surface area contributed by atoms with Crippen molar-refractivity contribution in [1.82, 2.24) is 0 Å². The number of benzene rings is 2. The van der Waals surface area contributed by atoms with Crippen molar-refractivity contribution in [2.45, 2.75) is 9.79 Å². The second kappa shape index (κ2) is 5.68. The molecule has 0 unspecified atom stereocenters. The minimum absolute atomic E-state index is 0.607. The normalized spacial score (nSPS) is 13.1. The summed E-state index contributed by atoms with van der Waals surface area (Å²) in [7, 11) is 0. The van der Waals surface area contributed by atoms with Crippen LogP contribution in [0.4, 0.5) is 11.4 Å². The van der Waals surface area contributed by atoms with Crippen molar-refractivity contribution in [3.05, 3.63) is 45.3 Å². The summed E-state index contributed by atoms with van der Waals surface area (Å²) < 4.78 is 2.20. The van der Waals surface area contributed by atoms with Crippen LogP contribution in [0.5, 0.6) is 0 Å². The number of hydrogen-bond acceptors (Lipinski definition) is 2. The lowest BCUT2D eigenvalue weighted by atomic mass is 10.2. The van der Waals surface area contributed by atoms with Crippen LogP contribution in [0.25, 0.3) is 0 Å². The predicted octanol–water partition coefficient (Wildman–Crippen LogP) is 6.05. The number of hydrogen-bond donors (Lipinski definition) is 0. The Kier molecular flexibility index (Phi) is 4.13. The van der Waals surface area contributed by atoms with Crippen LogP contribution in [0.3, 0.4) is 0 Å². The molecule has 0 radical (unpaired) electrons. The zero-order valence-electron chi connectivity index (χ0n) is 9.87. The molecule has 98 valence electrons. The van der Waals surface area contributed by atoms with E-state index < -0.39 is 0 Å². The van der Waals surface area contributed by atoms with Crippen LogP contribution in [0.15, 0.2) is 55.1 Å². The lowest BCUT2D eigenvalue weighted by Crippen LogP contribution is -2.22. The summed E-state index contributed by atoms with van der Waals surface area (Å²) >= 11 is 14.8. The van der Waals surface area contributed by atoms with E-state index in [1.54, 1.807) is 11.8 Å². The van der Waals surface area contributed by atoms with Gasteiger partial charge in [0.15, 0.2) is 0 Å². The highest BCUT2D eigenvalue weighted by molar-refractivity contribution is 9.10. The molecule has 0 saturated carbocycles. The highest BCUT2D eigenvalue weighted by Gasteiger charge is 2.23. The maximum Gasteiger partial charge on any atom is 0.0554 e. The lowest BCUT2D eigenvalue weighted by Gasteiger charge is -2.32. The van der Waals surface area contributed by atoms with Crippen LogP contribution < -0.4 is 4.90 Å². The van der Waals surface area contributed by atoms with Crippen molar-refractivity contribution < 1.29 is 0 Å². The highest BCUT2D eigenvalue weighted by atomic mass is 79.9. The molecule has 0 saturated heterocycles.